The van der Waals surface area contributed by atoms with Gasteiger partial charge in [-0.3, -0.25) is 4.79 Å². The maximum atomic E-state index is 11.0. The first-order valence-corrected chi connectivity index (χ1v) is 5.57. The monoisotopic (exact) mass is 262 g/mol. The Balaban J connectivity index is 1.81. The second-order valence-electron chi connectivity index (χ2n) is 3.88. The van der Waals surface area contributed by atoms with Gasteiger partial charge in [0.15, 0.2) is 24.4 Å². The number of carbonyl (C=O) groups is 1. The Bertz CT molecular complexity index is 623. The predicted molar refractivity (Wildman–Crippen MR) is 61.3 cm³/mol. The molecule has 0 aliphatic carbocycles. The summed E-state index contributed by atoms with van der Waals surface area (Å²) < 4.78 is 20.7. The van der Waals surface area contributed by atoms with Crippen LogP contribution in [-0.2, 0) is 6.61 Å². The Morgan fingerprint density at radius 2 is 2.16 bits per heavy atom. The molecule has 19 heavy (non-hydrogen) atoms. The molecule has 1 aromatic carbocycles. The molecule has 3 rings (SSSR count). The fourth-order valence-corrected chi connectivity index (χ4v) is 1.70. The molecule has 0 atom stereocenters. The molecular formula is C12H10N2O5. The highest BCUT2D eigenvalue weighted by atomic mass is 16.7. The molecule has 1 aliphatic rings. The summed E-state index contributed by atoms with van der Waals surface area (Å²) in [6.07, 6.45) is 0.693. The normalized spacial score (nSPS) is 12.5. The number of hydrogen-bond donors (Lipinski definition) is 0. The van der Waals surface area contributed by atoms with Crippen molar-refractivity contribution in [2.75, 3.05) is 6.79 Å². The minimum absolute atomic E-state index is 0.109. The van der Waals surface area contributed by atoms with Gasteiger partial charge in [-0.05, 0) is 6.07 Å². The molecule has 7 nitrogen and oxygen atoms in total. The van der Waals surface area contributed by atoms with Crippen LogP contribution in [0.2, 0.25) is 0 Å². The van der Waals surface area contributed by atoms with Crippen molar-refractivity contribution >= 4 is 6.29 Å². The highest BCUT2D eigenvalue weighted by molar-refractivity contribution is 5.81. The lowest BCUT2D eigenvalue weighted by Gasteiger charge is -2.07. The SMILES string of the molecule is Cc1nc(COc2cc3c(cc2C=O)OCO3)no1. The molecule has 1 aromatic heterocycles. The lowest BCUT2D eigenvalue weighted by Crippen LogP contribution is -2.00. The van der Waals surface area contributed by atoms with E-state index in [1.807, 2.05) is 0 Å². The fourth-order valence-electron chi connectivity index (χ4n) is 1.70. The lowest BCUT2D eigenvalue weighted by atomic mass is 10.2. The van der Waals surface area contributed by atoms with Crippen molar-refractivity contribution in [2.45, 2.75) is 13.5 Å². The number of aldehydes is 1. The van der Waals surface area contributed by atoms with Crippen molar-refractivity contribution in [1.29, 1.82) is 0 Å². The van der Waals surface area contributed by atoms with Crippen LogP contribution in [0, 0.1) is 6.92 Å². The number of benzene rings is 1. The highest BCUT2D eigenvalue weighted by Gasteiger charge is 2.18. The Morgan fingerprint density at radius 3 is 2.84 bits per heavy atom. The van der Waals surface area contributed by atoms with Gasteiger partial charge in [0.25, 0.3) is 0 Å². The third kappa shape index (κ3) is 2.22. The van der Waals surface area contributed by atoms with Crippen LogP contribution in [0.5, 0.6) is 17.2 Å². The van der Waals surface area contributed by atoms with Crippen molar-refractivity contribution in [3.63, 3.8) is 0 Å². The summed E-state index contributed by atoms with van der Waals surface area (Å²) >= 11 is 0. The molecule has 98 valence electrons. The number of hydrogen-bond acceptors (Lipinski definition) is 7. The lowest BCUT2D eigenvalue weighted by molar-refractivity contribution is 0.111. The van der Waals surface area contributed by atoms with E-state index in [9.17, 15) is 4.79 Å². The van der Waals surface area contributed by atoms with Crippen LogP contribution in [0.15, 0.2) is 16.7 Å². The Hall–Kier alpha value is -2.57. The number of fused-ring (bicyclic) bond motifs is 1. The van der Waals surface area contributed by atoms with Crippen LogP contribution in [0.25, 0.3) is 0 Å². The second kappa shape index (κ2) is 4.60. The Labute approximate surface area is 108 Å². The van der Waals surface area contributed by atoms with Gasteiger partial charge in [0.1, 0.15) is 5.75 Å². The molecule has 0 amide bonds. The highest BCUT2D eigenvalue weighted by Crippen LogP contribution is 2.37. The van der Waals surface area contributed by atoms with E-state index in [4.69, 9.17) is 18.7 Å². The van der Waals surface area contributed by atoms with Crippen molar-refractivity contribution in [1.82, 2.24) is 10.1 Å². The quantitative estimate of drug-likeness (QED) is 0.772. The average Bonchev–Trinajstić information content (AvgIpc) is 3.03. The largest absolute Gasteiger partial charge is 0.485 e. The van der Waals surface area contributed by atoms with Crippen molar-refractivity contribution < 1.29 is 23.5 Å². The predicted octanol–water partition coefficient (Wildman–Crippen LogP) is 1.50. The summed E-state index contributed by atoms with van der Waals surface area (Å²) in [6, 6.07) is 3.19. The number of aryl methyl sites for hydroxylation is 1. The number of aromatic nitrogens is 2. The molecule has 0 radical (unpaired) electrons. The first-order chi connectivity index (χ1) is 9.26. The summed E-state index contributed by atoms with van der Waals surface area (Å²) in [5, 5.41) is 3.70. The van der Waals surface area contributed by atoms with Crippen LogP contribution in [-0.4, -0.2) is 23.2 Å². The van der Waals surface area contributed by atoms with Crippen molar-refractivity contribution in [2.24, 2.45) is 0 Å². The van der Waals surface area contributed by atoms with Gasteiger partial charge in [-0.25, -0.2) is 0 Å². The summed E-state index contributed by atoms with van der Waals surface area (Å²) in [7, 11) is 0. The molecule has 7 heteroatoms. The summed E-state index contributed by atoms with van der Waals surface area (Å²) in [4.78, 5) is 15.0. The van der Waals surface area contributed by atoms with Crippen LogP contribution >= 0.6 is 0 Å². The first-order valence-electron chi connectivity index (χ1n) is 5.57. The van der Waals surface area contributed by atoms with Crippen molar-refractivity contribution in [3.05, 3.63) is 29.4 Å². The van der Waals surface area contributed by atoms with Gasteiger partial charge in [-0.1, -0.05) is 5.16 Å². The number of nitrogens with zero attached hydrogens (tertiary/aromatic N) is 2. The van der Waals surface area contributed by atoms with Crippen molar-refractivity contribution in [3.8, 4) is 17.2 Å². The van der Waals surface area contributed by atoms with Gasteiger partial charge < -0.3 is 18.7 Å². The van der Waals surface area contributed by atoms with Gasteiger partial charge in [-0.15, -0.1) is 0 Å². The van der Waals surface area contributed by atoms with Crippen LogP contribution in [0.1, 0.15) is 22.1 Å². The van der Waals surface area contributed by atoms with E-state index in [-0.39, 0.29) is 13.4 Å². The molecule has 0 N–H and O–H groups in total. The molecule has 0 saturated heterocycles. The molecule has 2 heterocycles. The fraction of sp³-hybridized carbons (Fsp3) is 0.250. The second-order valence-corrected chi connectivity index (χ2v) is 3.88. The van der Waals surface area contributed by atoms with E-state index in [2.05, 4.69) is 10.1 Å². The summed E-state index contributed by atoms with van der Waals surface area (Å²) in [5.74, 6) is 2.34. The molecule has 0 bridgehead atoms. The molecule has 0 fully saturated rings. The zero-order chi connectivity index (χ0) is 13.2. The summed E-state index contributed by atoms with van der Waals surface area (Å²) in [5.41, 5.74) is 0.379. The zero-order valence-corrected chi connectivity index (χ0v) is 10.1. The molecule has 0 unspecified atom stereocenters. The van der Waals surface area contributed by atoms with Gasteiger partial charge in [0.05, 0.1) is 5.56 Å². The number of ether oxygens (including phenoxy) is 3. The molecular weight excluding hydrogens is 252 g/mol. The van der Waals surface area contributed by atoms with E-state index in [1.54, 1.807) is 19.1 Å². The van der Waals surface area contributed by atoms with E-state index >= 15 is 0 Å². The van der Waals surface area contributed by atoms with Gasteiger partial charge >= 0.3 is 0 Å². The smallest absolute Gasteiger partial charge is 0.231 e. The van der Waals surface area contributed by atoms with Crippen LogP contribution in [0.4, 0.5) is 0 Å². The molecule has 0 spiro atoms. The number of rotatable bonds is 4. The third-order valence-corrected chi connectivity index (χ3v) is 2.56. The molecule has 1 aliphatic heterocycles. The zero-order valence-electron chi connectivity index (χ0n) is 10.1. The van der Waals surface area contributed by atoms with Crippen LogP contribution in [0.3, 0.4) is 0 Å². The molecule has 2 aromatic rings. The van der Waals surface area contributed by atoms with Crippen LogP contribution < -0.4 is 14.2 Å². The Morgan fingerprint density at radius 1 is 1.37 bits per heavy atom. The third-order valence-electron chi connectivity index (χ3n) is 2.56. The minimum Gasteiger partial charge on any atom is -0.485 e. The van der Waals surface area contributed by atoms with Gasteiger partial charge in [-0.2, -0.15) is 4.98 Å². The Kier molecular flexibility index (Phi) is 2.79. The maximum absolute atomic E-state index is 11.0. The van der Waals surface area contributed by atoms with E-state index in [1.165, 1.54) is 0 Å². The topological polar surface area (TPSA) is 83.7 Å². The molecule has 0 saturated carbocycles. The van der Waals surface area contributed by atoms with Gasteiger partial charge in [0, 0.05) is 13.0 Å². The van der Waals surface area contributed by atoms with E-state index in [0.29, 0.717) is 40.8 Å². The minimum atomic E-state index is 0.109. The average molecular weight is 262 g/mol. The van der Waals surface area contributed by atoms with Gasteiger partial charge in [0.2, 0.25) is 18.5 Å². The standard InChI is InChI=1S/C12H10N2O5/c1-7-13-12(14-19-7)5-16-9-3-11-10(17-6-18-11)2-8(9)4-15/h2-4H,5-6H2,1H3. The number of carbonyl (C=O) groups excluding carboxylic acids is 1. The van der Waals surface area contributed by atoms with E-state index in [0.717, 1.165) is 0 Å². The maximum Gasteiger partial charge on any atom is 0.231 e. The first kappa shape index (κ1) is 11.5. The summed E-state index contributed by atoms with van der Waals surface area (Å²) in [6.45, 7) is 1.94. The van der Waals surface area contributed by atoms with E-state index < -0.39 is 0 Å².